The SMILES string of the molecule is CNc1ccc(-c2nc(C3C4CC4c4nc(-c5cc(Cl)ccc5N(N)/C=C(\N)C(F)(F)F)cc(=O)n43)[nH]c2F)cc1CCC=O. The van der Waals surface area contributed by atoms with Crippen LogP contribution in [0.5, 0.6) is 0 Å². The highest BCUT2D eigenvalue weighted by Gasteiger charge is 2.55. The predicted octanol–water partition coefficient (Wildman–Crippen LogP) is 5.02. The van der Waals surface area contributed by atoms with Crippen LogP contribution in [0.15, 0.2) is 59.2 Å². The van der Waals surface area contributed by atoms with Crippen molar-refractivity contribution in [2.75, 3.05) is 17.4 Å². The number of rotatable bonds is 9. The average molecular weight is 643 g/mol. The lowest BCUT2D eigenvalue weighted by Crippen LogP contribution is -2.30. The third-order valence-corrected chi connectivity index (χ3v) is 8.33. The summed E-state index contributed by atoms with van der Waals surface area (Å²) in [5.41, 5.74) is 5.99. The van der Waals surface area contributed by atoms with E-state index in [4.69, 9.17) is 28.2 Å². The van der Waals surface area contributed by atoms with Crippen molar-refractivity contribution >= 4 is 29.3 Å². The van der Waals surface area contributed by atoms with Gasteiger partial charge in [-0.2, -0.15) is 17.6 Å². The Hall–Kier alpha value is -4.69. The van der Waals surface area contributed by atoms with E-state index in [1.54, 1.807) is 25.2 Å². The second-order valence-electron chi connectivity index (χ2n) is 10.9. The molecule has 0 radical (unpaired) electrons. The molecule has 3 atom stereocenters. The lowest BCUT2D eigenvalue weighted by Gasteiger charge is -2.21. The van der Waals surface area contributed by atoms with Gasteiger partial charge in [0.2, 0.25) is 5.95 Å². The summed E-state index contributed by atoms with van der Waals surface area (Å²) in [6, 6.07) is 10.2. The van der Waals surface area contributed by atoms with Gasteiger partial charge >= 0.3 is 6.18 Å². The van der Waals surface area contributed by atoms with E-state index in [9.17, 15) is 22.8 Å². The first-order chi connectivity index (χ1) is 21.4. The smallest absolute Gasteiger partial charge is 0.393 e. The molecule has 10 nitrogen and oxygen atoms in total. The number of aryl methyl sites for hydroxylation is 1. The zero-order chi connectivity index (χ0) is 32.2. The van der Waals surface area contributed by atoms with Crippen molar-refractivity contribution in [2.45, 2.75) is 37.4 Å². The normalized spacial score (nSPS) is 18.8. The molecule has 1 fully saturated rings. The number of aromatic nitrogens is 4. The van der Waals surface area contributed by atoms with E-state index in [0.717, 1.165) is 17.5 Å². The zero-order valence-corrected chi connectivity index (χ0v) is 24.5. The van der Waals surface area contributed by atoms with Crippen LogP contribution < -0.4 is 27.5 Å². The van der Waals surface area contributed by atoms with Gasteiger partial charge in [-0.15, -0.1) is 0 Å². The first-order valence-electron chi connectivity index (χ1n) is 13.9. The summed E-state index contributed by atoms with van der Waals surface area (Å²) in [4.78, 5) is 36.6. The van der Waals surface area contributed by atoms with Gasteiger partial charge in [0.05, 0.1) is 17.4 Å². The molecule has 4 aromatic rings. The highest BCUT2D eigenvalue weighted by atomic mass is 35.5. The summed E-state index contributed by atoms with van der Waals surface area (Å²) in [6.45, 7) is 0. The number of aldehydes is 1. The topological polar surface area (TPSA) is 148 Å². The number of hydrazine groups is 1. The maximum atomic E-state index is 15.3. The van der Waals surface area contributed by atoms with Gasteiger partial charge < -0.3 is 20.8 Å². The largest absolute Gasteiger partial charge is 0.432 e. The van der Waals surface area contributed by atoms with Crippen LogP contribution in [0.3, 0.4) is 0 Å². The van der Waals surface area contributed by atoms with Crippen LogP contribution in [-0.2, 0) is 11.2 Å². The number of halogens is 5. The van der Waals surface area contributed by atoms with E-state index in [1.807, 2.05) is 0 Å². The van der Waals surface area contributed by atoms with Gasteiger partial charge in [0, 0.05) is 53.5 Å². The lowest BCUT2D eigenvalue weighted by molar-refractivity contribution is -0.107. The van der Waals surface area contributed by atoms with Crippen LogP contribution in [0.25, 0.3) is 22.5 Å². The number of imidazole rings is 1. The Balaban J connectivity index is 1.37. The monoisotopic (exact) mass is 642 g/mol. The molecule has 1 aliphatic carbocycles. The van der Waals surface area contributed by atoms with Crippen LogP contribution in [0, 0.1) is 11.9 Å². The summed E-state index contributed by atoms with van der Waals surface area (Å²) in [5, 5.41) is 4.01. The van der Waals surface area contributed by atoms with E-state index >= 15 is 4.39 Å². The number of benzene rings is 2. The fourth-order valence-corrected chi connectivity index (χ4v) is 6.07. The number of nitrogens with two attached hydrogens (primary N) is 2. The third-order valence-electron chi connectivity index (χ3n) is 8.09. The predicted molar refractivity (Wildman–Crippen MR) is 161 cm³/mol. The van der Waals surface area contributed by atoms with Crippen molar-refractivity contribution in [2.24, 2.45) is 17.5 Å². The van der Waals surface area contributed by atoms with Gasteiger partial charge in [-0.1, -0.05) is 17.7 Å². The summed E-state index contributed by atoms with van der Waals surface area (Å²) in [5.74, 6) is 5.81. The standard InChI is InChI=1S/C30H27ClF4N8O2/c1-38-20-6-4-15(9-14(20)3-2-8-44)25-27(32)41-28(40-25)26-17-11-18(17)29-39-21(12-24(45)43(26)29)19-10-16(31)5-7-22(19)42(37)13-23(36)30(33,34)35/h4-10,12-13,17-18,26,38H,2-3,11,36-37H2,1H3,(H,40,41)/b23-13-. The van der Waals surface area contributed by atoms with Crippen LogP contribution in [0.4, 0.5) is 28.9 Å². The van der Waals surface area contributed by atoms with Crippen molar-refractivity contribution in [3.05, 3.63) is 92.9 Å². The Bertz CT molecular complexity index is 1900. The number of aromatic amines is 1. The molecule has 0 saturated heterocycles. The Morgan fingerprint density at radius 2 is 2.00 bits per heavy atom. The number of H-pyrrole nitrogens is 1. The first kappa shape index (κ1) is 30.3. The quantitative estimate of drug-likeness (QED) is 0.0862. The number of nitrogens with zero attached hydrogens (tertiary/aromatic N) is 4. The molecule has 0 bridgehead atoms. The van der Waals surface area contributed by atoms with Crippen LogP contribution in [-0.4, -0.2) is 39.0 Å². The highest BCUT2D eigenvalue weighted by molar-refractivity contribution is 6.31. The van der Waals surface area contributed by atoms with Crippen molar-refractivity contribution < 1.29 is 22.4 Å². The van der Waals surface area contributed by atoms with Gasteiger partial charge in [-0.3, -0.25) is 14.4 Å². The minimum Gasteiger partial charge on any atom is -0.393 e. The number of allylic oxidation sites excluding steroid dienone is 1. The first-order valence-corrected chi connectivity index (χ1v) is 14.3. The Labute approximate surface area is 258 Å². The Morgan fingerprint density at radius 1 is 1.22 bits per heavy atom. The van der Waals surface area contributed by atoms with Crippen molar-refractivity contribution in [1.29, 1.82) is 0 Å². The Morgan fingerprint density at radius 3 is 2.71 bits per heavy atom. The number of carbonyl (C=O) groups excluding carboxylic acids is 1. The number of alkyl halides is 3. The van der Waals surface area contributed by atoms with Crippen LogP contribution in [0.2, 0.25) is 5.02 Å². The van der Waals surface area contributed by atoms with Crippen molar-refractivity contribution in [3.8, 4) is 22.5 Å². The molecular weight excluding hydrogens is 616 g/mol. The number of fused-ring (bicyclic) bond motifs is 3. The maximum absolute atomic E-state index is 15.3. The van der Waals surface area contributed by atoms with E-state index in [1.165, 1.54) is 28.8 Å². The van der Waals surface area contributed by atoms with Gasteiger partial charge in [0.25, 0.3) is 5.56 Å². The molecule has 234 valence electrons. The lowest BCUT2D eigenvalue weighted by atomic mass is 10.0. The van der Waals surface area contributed by atoms with E-state index in [2.05, 4.69) is 15.3 Å². The molecule has 0 amide bonds. The summed E-state index contributed by atoms with van der Waals surface area (Å²) >= 11 is 6.21. The van der Waals surface area contributed by atoms with Gasteiger partial charge in [-0.05, 0) is 54.7 Å². The second-order valence-corrected chi connectivity index (χ2v) is 11.4. The van der Waals surface area contributed by atoms with Gasteiger partial charge in [0.15, 0.2) is 0 Å². The molecule has 45 heavy (non-hydrogen) atoms. The molecule has 3 heterocycles. The van der Waals surface area contributed by atoms with Crippen LogP contribution in [0.1, 0.15) is 42.0 Å². The van der Waals surface area contributed by atoms with E-state index < -0.39 is 29.4 Å². The molecule has 2 aliphatic rings. The fourth-order valence-electron chi connectivity index (χ4n) is 5.90. The molecule has 1 aliphatic heterocycles. The molecule has 2 aromatic heterocycles. The molecule has 6 N–H and O–H groups in total. The molecular formula is C30H27ClF4N8O2. The number of nitrogens with one attached hydrogen (secondary N) is 2. The molecule has 1 saturated carbocycles. The van der Waals surface area contributed by atoms with Crippen molar-refractivity contribution in [1.82, 2.24) is 19.5 Å². The number of hydrogen-bond acceptors (Lipinski definition) is 8. The molecule has 2 aromatic carbocycles. The molecule has 15 heteroatoms. The van der Waals surface area contributed by atoms with E-state index in [-0.39, 0.29) is 45.3 Å². The molecule has 0 spiro atoms. The number of carbonyl (C=O) groups is 1. The van der Waals surface area contributed by atoms with Gasteiger partial charge in [-0.25, -0.2) is 15.8 Å². The Kier molecular flexibility index (Phi) is 7.65. The number of anilines is 2. The van der Waals surface area contributed by atoms with Crippen molar-refractivity contribution in [3.63, 3.8) is 0 Å². The molecule has 3 unspecified atom stereocenters. The zero-order valence-electron chi connectivity index (χ0n) is 23.7. The van der Waals surface area contributed by atoms with E-state index in [0.29, 0.717) is 41.9 Å². The molecule has 6 rings (SSSR count). The summed E-state index contributed by atoms with van der Waals surface area (Å²) in [6.07, 6.45) is -1.99. The van der Waals surface area contributed by atoms with Gasteiger partial charge in [0.1, 0.15) is 29.3 Å². The summed E-state index contributed by atoms with van der Waals surface area (Å²) in [7, 11) is 1.76. The maximum Gasteiger partial charge on any atom is 0.432 e. The minimum atomic E-state index is -4.80. The minimum absolute atomic E-state index is 0.0620. The second kappa shape index (κ2) is 11.3. The average Bonchev–Trinajstić information content (AvgIpc) is 3.58. The number of hydrogen-bond donors (Lipinski definition) is 4. The summed E-state index contributed by atoms with van der Waals surface area (Å²) < 4.78 is 56.0. The van der Waals surface area contributed by atoms with Crippen LogP contribution >= 0.6 is 11.6 Å². The fraction of sp³-hybridized carbons (Fsp3) is 0.267. The third kappa shape index (κ3) is 5.55. The highest BCUT2D eigenvalue weighted by Crippen LogP contribution is 2.60.